The molecule has 1 heterocycles. The molecule has 3 aromatic rings. The molecule has 23 heavy (non-hydrogen) atoms. The Labute approximate surface area is 140 Å². The molecule has 0 bridgehead atoms. The normalized spacial score (nSPS) is 10.9. The van der Waals surface area contributed by atoms with E-state index < -0.39 is 0 Å². The van der Waals surface area contributed by atoms with E-state index in [9.17, 15) is 4.79 Å². The third-order valence-electron chi connectivity index (χ3n) is 3.90. The monoisotopic (exact) mass is 327 g/mol. The number of aromatic nitrogens is 2. The Morgan fingerprint density at radius 2 is 1.83 bits per heavy atom. The van der Waals surface area contributed by atoms with Gasteiger partial charge in [-0.2, -0.15) is 0 Å². The predicted octanol–water partition coefficient (Wildman–Crippen LogP) is 4.37. The summed E-state index contributed by atoms with van der Waals surface area (Å²) in [6, 6.07) is 13.1. The second-order valence-electron chi connectivity index (χ2n) is 5.30. The van der Waals surface area contributed by atoms with Gasteiger partial charge in [-0.1, -0.05) is 23.7 Å². The van der Waals surface area contributed by atoms with Crippen molar-refractivity contribution in [3.8, 4) is 11.4 Å². The summed E-state index contributed by atoms with van der Waals surface area (Å²) in [5.41, 5.74) is 3.40. The Morgan fingerprint density at radius 3 is 2.48 bits per heavy atom. The smallest absolute Gasteiger partial charge is 0.253 e. The van der Waals surface area contributed by atoms with Gasteiger partial charge in [-0.3, -0.25) is 4.79 Å². The summed E-state index contributed by atoms with van der Waals surface area (Å²) in [6.45, 7) is 5.38. The molecule has 0 unspecified atom stereocenters. The molecule has 4 nitrogen and oxygen atoms in total. The van der Waals surface area contributed by atoms with Gasteiger partial charge in [-0.15, -0.1) is 0 Å². The summed E-state index contributed by atoms with van der Waals surface area (Å²) in [5, 5.41) is 0.674. The molecule has 0 fully saturated rings. The highest BCUT2D eigenvalue weighted by molar-refractivity contribution is 6.31. The molecule has 0 aliphatic rings. The molecule has 1 aromatic heterocycles. The third-order valence-corrected chi connectivity index (χ3v) is 4.13. The minimum absolute atomic E-state index is 0.0536. The molecular weight excluding hydrogens is 310 g/mol. The number of amides is 1. The molecule has 0 saturated carbocycles. The first-order valence-corrected chi connectivity index (χ1v) is 8.05. The van der Waals surface area contributed by atoms with Crippen LogP contribution in [0, 0.1) is 0 Å². The quantitative estimate of drug-likeness (QED) is 0.773. The van der Waals surface area contributed by atoms with E-state index in [1.807, 2.05) is 56.3 Å². The van der Waals surface area contributed by atoms with Crippen molar-refractivity contribution in [2.45, 2.75) is 13.8 Å². The Hall–Kier alpha value is -2.33. The van der Waals surface area contributed by atoms with E-state index in [1.165, 1.54) is 0 Å². The molecule has 0 spiro atoms. The predicted molar refractivity (Wildman–Crippen MR) is 93.8 cm³/mol. The van der Waals surface area contributed by atoms with E-state index in [1.54, 1.807) is 4.90 Å². The lowest BCUT2D eigenvalue weighted by Gasteiger charge is -2.18. The summed E-state index contributed by atoms with van der Waals surface area (Å²) in [5.74, 6) is 0.821. The molecule has 3 rings (SSSR count). The van der Waals surface area contributed by atoms with E-state index in [-0.39, 0.29) is 5.91 Å². The molecule has 0 aliphatic heterocycles. The minimum atomic E-state index is 0.0536. The highest BCUT2D eigenvalue weighted by Crippen LogP contribution is 2.23. The van der Waals surface area contributed by atoms with Crippen LogP contribution in [0.4, 0.5) is 0 Å². The standard InChI is InChI=1S/C18H18ClN3O/c1-3-22(4-2)18(23)13-7-5-12(6-8-13)17-20-15-10-9-14(19)11-16(15)21-17/h5-11H,3-4H2,1-2H3,(H,20,21). The lowest BCUT2D eigenvalue weighted by Crippen LogP contribution is -2.30. The van der Waals surface area contributed by atoms with E-state index in [0.717, 1.165) is 22.4 Å². The Balaban J connectivity index is 1.90. The largest absolute Gasteiger partial charge is 0.339 e. The van der Waals surface area contributed by atoms with Crippen LogP contribution in [0.5, 0.6) is 0 Å². The van der Waals surface area contributed by atoms with Gasteiger partial charge in [0.15, 0.2) is 0 Å². The van der Waals surface area contributed by atoms with Crippen molar-refractivity contribution in [1.82, 2.24) is 14.9 Å². The number of H-pyrrole nitrogens is 1. The van der Waals surface area contributed by atoms with Crippen LogP contribution in [0.15, 0.2) is 42.5 Å². The van der Waals surface area contributed by atoms with Crippen LogP contribution in [0.2, 0.25) is 5.02 Å². The number of fused-ring (bicyclic) bond motifs is 1. The van der Waals surface area contributed by atoms with Gasteiger partial charge in [-0.05, 0) is 44.2 Å². The van der Waals surface area contributed by atoms with Gasteiger partial charge in [0.05, 0.1) is 11.0 Å². The summed E-state index contributed by atoms with van der Waals surface area (Å²) in [4.78, 5) is 21.9. The number of hydrogen-bond acceptors (Lipinski definition) is 2. The maximum atomic E-state index is 12.3. The topological polar surface area (TPSA) is 49.0 Å². The Kier molecular flexibility index (Phi) is 4.35. The van der Waals surface area contributed by atoms with Gasteiger partial charge < -0.3 is 9.88 Å². The first kappa shape index (κ1) is 15.6. The molecule has 1 amide bonds. The zero-order chi connectivity index (χ0) is 16.4. The number of imidazole rings is 1. The number of rotatable bonds is 4. The van der Waals surface area contributed by atoms with Crippen molar-refractivity contribution in [2.24, 2.45) is 0 Å². The highest BCUT2D eigenvalue weighted by atomic mass is 35.5. The van der Waals surface area contributed by atoms with Crippen LogP contribution in [0.25, 0.3) is 22.4 Å². The van der Waals surface area contributed by atoms with Gasteiger partial charge in [0.2, 0.25) is 0 Å². The number of carbonyl (C=O) groups is 1. The molecular formula is C18H18ClN3O. The summed E-state index contributed by atoms with van der Waals surface area (Å²) in [6.07, 6.45) is 0. The minimum Gasteiger partial charge on any atom is -0.339 e. The fraction of sp³-hybridized carbons (Fsp3) is 0.222. The van der Waals surface area contributed by atoms with Gasteiger partial charge in [0.25, 0.3) is 5.91 Å². The first-order chi connectivity index (χ1) is 11.1. The van der Waals surface area contributed by atoms with Crippen LogP contribution in [-0.4, -0.2) is 33.9 Å². The average molecular weight is 328 g/mol. The number of hydrogen-bond donors (Lipinski definition) is 1. The number of carbonyl (C=O) groups excluding carboxylic acids is 1. The van der Waals surface area contributed by atoms with E-state index in [4.69, 9.17) is 11.6 Å². The molecule has 118 valence electrons. The van der Waals surface area contributed by atoms with Crippen LogP contribution < -0.4 is 0 Å². The van der Waals surface area contributed by atoms with E-state index >= 15 is 0 Å². The Morgan fingerprint density at radius 1 is 1.13 bits per heavy atom. The SMILES string of the molecule is CCN(CC)C(=O)c1ccc(-c2nc3ccc(Cl)cc3[nH]2)cc1. The second kappa shape index (κ2) is 6.42. The number of nitrogens with one attached hydrogen (secondary N) is 1. The molecule has 1 N–H and O–H groups in total. The van der Waals surface area contributed by atoms with Crippen molar-refractivity contribution in [1.29, 1.82) is 0 Å². The van der Waals surface area contributed by atoms with Crippen molar-refractivity contribution in [3.63, 3.8) is 0 Å². The maximum absolute atomic E-state index is 12.3. The van der Waals surface area contributed by atoms with Crippen LogP contribution >= 0.6 is 11.6 Å². The fourth-order valence-corrected chi connectivity index (χ4v) is 2.75. The molecule has 0 radical (unpaired) electrons. The number of benzene rings is 2. The zero-order valence-electron chi connectivity index (χ0n) is 13.1. The molecule has 0 atom stereocenters. The summed E-state index contributed by atoms with van der Waals surface area (Å²) in [7, 11) is 0. The van der Waals surface area contributed by atoms with Crippen molar-refractivity contribution in [2.75, 3.05) is 13.1 Å². The summed E-state index contributed by atoms with van der Waals surface area (Å²) >= 11 is 6.00. The van der Waals surface area contributed by atoms with Crippen molar-refractivity contribution >= 4 is 28.5 Å². The van der Waals surface area contributed by atoms with Crippen LogP contribution in [0.3, 0.4) is 0 Å². The van der Waals surface area contributed by atoms with Crippen molar-refractivity contribution in [3.05, 3.63) is 53.1 Å². The van der Waals surface area contributed by atoms with Gasteiger partial charge >= 0.3 is 0 Å². The fourth-order valence-electron chi connectivity index (χ4n) is 2.58. The lowest BCUT2D eigenvalue weighted by molar-refractivity contribution is 0.0773. The average Bonchev–Trinajstić information content (AvgIpc) is 2.99. The summed E-state index contributed by atoms with van der Waals surface area (Å²) < 4.78 is 0. The number of nitrogens with zero attached hydrogens (tertiary/aromatic N) is 2. The molecule has 0 aliphatic carbocycles. The van der Waals surface area contributed by atoms with Gasteiger partial charge in [0.1, 0.15) is 5.82 Å². The first-order valence-electron chi connectivity index (χ1n) is 7.67. The highest BCUT2D eigenvalue weighted by Gasteiger charge is 2.13. The second-order valence-corrected chi connectivity index (χ2v) is 5.74. The lowest BCUT2D eigenvalue weighted by atomic mass is 10.1. The Bertz CT molecular complexity index is 835. The van der Waals surface area contributed by atoms with Crippen molar-refractivity contribution < 1.29 is 4.79 Å². The molecule has 2 aromatic carbocycles. The number of aromatic amines is 1. The third kappa shape index (κ3) is 3.08. The zero-order valence-corrected chi connectivity index (χ0v) is 13.9. The van der Waals surface area contributed by atoms with Gasteiger partial charge in [-0.25, -0.2) is 4.98 Å². The molecule has 0 saturated heterocycles. The van der Waals surface area contributed by atoms with Crippen LogP contribution in [0.1, 0.15) is 24.2 Å². The van der Waals surface area contributed by atoms with E-state index in [0.29, 0.717) is 23.7 Å². The van der Waals surface area contributed by atoms with E-state index in [2.05, 4.69) is 9.97 Å². The van der Waals surface area contributed by atoms with Gasteiger partial charge in [0, 0.05) is 29.2 Å². The maximum Gasteiger partial charge on any atom is 0.253 e. The number of halogens is 1. The van der Waals surface area contributed by atoms with Crippen LogP contribution in [-0.2, 0) is 0 Å². The molecule has 5 heteroatoms.